The molecule has 5 heteroatoms. The third-order valence-electron chi connectivity index (χ3n) is 3.21. The summed E-state index contributed by atoms with van der Waals surface area (Å²) >= 11 is 0. The van der Waals surface area contributed by atoms with Crippen molar-refractivity contribution in [3.8, 4) is 0 Å². The molecule has 0 saturated carbocycles. The fourth-order valence-corrected chi connectivity index (χ4v) is 2.15. The number of hydrogen-bond donors (Lipinski definition) is 2. The van der Waals surface area contributed by atoms with Gasteiger partial charge in [-0.3, -0.25) is 0 Å². The number of rotatable bonds is 3. The molecule has 17 heavy (non-hydrogen) atoms. The van der Waals surface area contributed by atoms with Crippen LogP contribution in [0.3, 0.4) is 0 Å². The van der Waals surface area contributed by atoms with Crippen LogP contribution in [0.4, 0.5) is 5.95 Å². The van der Waals surface area contributed by atoms with E-state index in [-0.39, 0.29) is 13.2 Å². The topological polar surface area (TPSA) is 69.5 Å². The number of piperidine rings is 1. The first-order valence-electron chi connectivity index (χ1n) is 6.04. The second kappa shape index (κ2) is 5.42. The third-order valence-corrected chi connectivity index (χ3v) is 3.21. The van der Waals surface area contributed by atoms with E-state index in [9.17, 15) is 0 Å². The van der Waals surface area contributed by atoms with Crippen molar-refractivity contribution < 1.29 is 10.2 Å². The minimum absolute atomic E-state index is 0.0521. The van der Waals surface area contributed by atoms with Crippen LogP contribution in [-0.2, 0) is 6.61 Å². The van der Waals surface area contributed by atoms with E-state index in [2.05, 4.69) is 14.9 Å². The molecule has 0 radical (unpaired) electrons. The molecule has 1 saturated heterocycles. The average molecular weight is 237 g/mol. The minimum atomic E-state index is -0.0521. The van der Waals surface area contributed by atoms with Crippen LogP contribution in [0.2, 0.25) is 0 Å². The number of aliphatic hydroxyl groups is 2. The zero-order chi connectivity index (χ0) is 12.3. The maximum atomic E-state index is 9.12. The molecule has 0 bridgehead atoms. The van der Waals surface area contributed by atoms with Gasteiger partial charge in [-0.05, 0) is 31.7 Å². The largest absolute Gasteiger partial charge is 0.396 e. The molecule has 0 amide bonds. The molecule has 5 nitrogen and oxygen atoms in total. The van der Waals surface area contributed by atoms with Crippen molar-refractivity contribution in [2.45, 2.75) is 26.4 Å². The number of nitrogens with zero attached hydrogens (tertiary/aromatic N) is 3. The molecule has 0 aliphatic carbocycles. The molecule has 0 spiro atoms. The summed E-state index contributed by atoms with van der Waals surface area (Å²) in [5.74, 6) is 1.11. The Morgan fingerprint density at radius 1 is 1.29 bits per heavy atom. The van der Waals surface area contributed by atoms with Crippen molar-refractivity contribution in [3.63, 3.8) is 0 Å². The minimum Gasteiger partial charge on any atom is -0.396 e. The lowest BCUT2D eigenvalue weighted by Crippen LogP contribution is -2.36. The van der Waals surface area contributed by atoms with E-state index in [0.717, 1.165) is 31.6 Å². The van der Waals surface area contributed by atoms with Crippen molar-refractivity contribution >= 4 is 5.95 Å². The summed E-state index contributed by atoms with van der Waals surface area (Å²) in [5.41, 5.74) is 1.54. The van der Waals surface area contributed by atoms with Gasteiger partial charge in [-0.2, -0.15) is 0 Å². The van der Waals surface area contributed by atoms with Gasteiger partial charge in [0.1, 0.15) is 0 Å². The van der Waals surface area contributed by atoms with Gasteiger partial charge in [-0.1, -0.05) is 0 Å². The molecule has 2 rings (SSSR count). The Morgan fingerprint density at radius 3 is 2.59 bits per heavy atom. The van der Waals surface area contributed by atoms with Gasteiger partial charge in [0.05, 0.1) is 12.3 Å². The molecule has 1 aliphatic rings. The smallest absolute Gasteiger partial charge is 0.225 e. The molecule has 2 N–H and O–H groups in total. The summed E-state index contributed by atoms with van der Waals surface area (Å²) in [6.45, 7) is 3.87. The summed E-state index contributed by atoms with van der Waals surface area (Å²) in [7, 11) is 0. The van der Waals surface area contributed by atoms with Gasteiger partial charge in [-0.25, -0.2) is 9.97 Å². The van der Waals surface area contributed by atoms with Crippen LogP contribution in [0.5, 0.6) is 0 Å². The van der Waals surface area contributed by atoms with Crippen LogP contribution in [0.15, 0.2) is 6.07 Å². The number of aliphatic hydroxyl groups excluding tert-OH is 2. The molecular weight excluding hydrogens is 218 g/mol. The van der Waals surface area contributed by atoms with E-state index in [1.807, 2.05) is 6.92 Å². The second-order valence-electron chi connectivity index (χ2n) is 4.57. The van der Waals surface area contributed by atoms with Crippen molar-refractivity contribution in [3.05, 3.63) is 17.5 Å². The van der Waals surface area contributed by atoms with Gasteiger partial charge in [-0.15, -0.1) is 0 Å². The molecule has 1 aromatic rings. The van der Waals surface area contributed by atoms with Gasteiger partial charge in [0, 0.05) is 25.4 Å². The standard InChI is InChI=1S/C12H19N3O2/c1-9-6-11(8-17)14-12(13-9)15-4-2-10(7-16)3-5-15/h6,10,16-17H,2-5,7-8H2,1H3. The Hall–Kier alpha value is -1.20. The van der Waals surface area contributed by atoms with Gasteiger partial charge in [0.15, 0.2) is 0 Å². The summed E-state index contributed by atoms with van der Waals surface area (Å²) < 4.78 is 0. The predicted molar refractivity (Wildman–Crippen MR) is 64.7 cm³/mol. The normalized spacial score (nSPS) is 17.5. The highest BCUT2D eigenvalue weighted by atomic mass is 16.3. The van der Waals surface area contributed by atoms with Gasteiger partial charge in [0.2, 0.25) is 5.95 Å². The van der Waals surface area contributed by atoms with Gasteiger partial charge in [0.25, 0.3) is 0 Å². The highest BCUT2D eigenvalue weighted by Crippen LogP contribution is 2.20. The Balaban J connectivity index is 2.10. The SMILES string of the molecule is Cc1cc(CO)nc(N2CCC(CO)CC2)n1. The number of anilines is 1. The zero-order valence-corrected chi connectivity index (χ0v) is 10.1. The maximum Gasteiger partial charge on any atom is 0.225 e. The van der Waals surface area contributed by atoms with Crippen molar-refractivity contribution in [1.29, 1.82) is 0 Å². The first kappa shape index (κ1) is 12.3. The molecular formula is C12H19N3O2. The summed E-state index contributed by atoms with van der Waals surface area (Å²) in [6, 6.07) is 1.80. The molecule has 0 unspecified atom stereocenters. The lowest BCUT2D eigenvalue weighted by Gasteiger charge is -2.31. The van der Waals surface area contributed by atoms with Crippen LogP contribution < -0.4 is 4.90 Å². The Bertz CT molecular complexity index is 376. The average Bonchev–Trinajstić information content (AvgIpc) is 2.38. The highest BCUT2D eigenvalue weighted by molar-refractivity contribution is 5.32. The van der Waals surface area contributed by atoms with Crippen molar-refractivity contribution in [2.75, 3.05) is 24.6 Å². The summed E-state index contributed by atoms with van der Waals surface area (Å²) in [4.78, 5) is 10.8. The molecule has 0 aromatic carbocycles. The fourth-order valence-electron chi connectivity index (χ4n) is 2.15. The lowest BCUT2D eigenvalue weighted by molar-refractivity contribution is 0.202. The Labute approximate surface area is 101 Å². The van der Waals surface area contributed by atoms with E-state index < -0.39 is 0 Å². The first-order chi connectivity index (χ1) is 8.22. The lowest BCUT2D eigenvalue weighted by atomic mass is 9.98. The van der Waals surface area contributed by atoms with Gasteiger partial charge >= 0.3 is 0 Å². The Kier molecular flexibility index (Phi) is 3.91. The number of hydrogen-bond acceptors (Lipinski definition) is 5. The molecule has 94 valence electrons. The van der Waals surface area contributed by atoms with Crippen LogP contribution >= 0.6 is 0 Å². The highest BCUT2D eigenvalue weighted by Gasteiger charge is 2.20. The summed E-state index contributed by atoms with van der Waals surface area (Å²) in [5, 5.41) is 18.2. The first-order valence-corrected chi connectivity index (χ1v) is 6.04. The fraction of sp³-hybridized carbons (Fsp3) is 0.667. The molecule has 1 aliphatic heterocycles. The molecule has 1 fully saturated rings. The van der Waals surface area contributed by atoms with E-state index >= 15 is 0 Å². The monoisotopic (exact) mass is 237 g/mol. The van der Waals surface area contributed by atoms with E-state index in [4.69, 9.17) is 10.2 Å². The third kappa shape index (κ3) is 2.92. The van der Waals surface area contributed by atoms with Crippen LogP contribution in [0.1, 0.15) is 24.2 Å². The maximum absolute atomic E-state index is 9.12. The summed E-state index contributed by atoms with van der Waals surface area (Å²) in [6.07, 6.45) is 1.95. The number of aromatic nitrogens is 2. The predicted octanol–water partition coefficient (Wildman–Crippen LogP) is 0.486. The van der Waals surface area contributed by atoms with Crippen LogP contribution in [0.25, 0.3) is 0 Å². The zero-order valence-electron chi connectivity index (χ0n) is 10.1. The van der Waals surface area contributed by atoms with Crippen molar-refractivity contribution in [2.24, 2.45) is 5.92 Å². The van der Waals surface area contributed by atoms with E-state index in [1.54, 1.807) is 6.07 Å². The molecule has 0 atom stereocenters. The quantitative estimate of drug-likeness (QED) is 0.800. The van der Waals surface area contributed by atoms with E-state index in [0.29, 0.717) is 17.6 Å². The van der Waals surface area contributed by atoms with E-state index in [1.165, 1.54) is 0 Å². The molecule has 2 heterocycles. The van der Waals surface area contributed by atoms with Gasteiger partial charge < -0.3 is 15.1 Å². The second-order valence-corrected chi connectivity index (χ2v) is 4.57. The van der Waals surface area contributed by atoms with Crippen LogP contribution in [0, 0.1) is 12.8 Å². The number of aryl methyl sites for hydroxylation is 1. The Morgan fingerprint density at radius 2 is 2.00 bits per heavy atom. The molecule has 1 aromatic heterocycles. The van der Waals surface area contributed by atoms with Crippen molar-refractivity contribution in [1.82, 2.24) is 9.97 Å². The van der Waals surface area contributed by atoms with Crippen LogP contribution in [-0.4, -0.2) is 39.9 Å².